The van der Waals surface area contributed by atoms with Crippen LogP contribution in [0, 0.1) is 5.82 Å². The normalized spacial score (nSPS) is 14.2. The van der Waals surface area contributed by atoms with Crippen molar-refractivity contribution in [3.63, 3.8) is 0 Å². The van der Waals surface area contributed by atoms with Crippen molar-refractivity contribution in [2.75, 3.05) is 12.0 Å². The Morgan fingerprint density at radius 2 is 1.67 bits per heavy atom. The molecule has 0 bridgehead atoms. The molecule has 0 spiro atoms. The predicted molar refractivity (Wildman–Crippen MR) is 102 cm³/mol. The van der Waals surface area contributed by atoms with E-state index < -0.39 is 23.8 Å². The van der Waals surface area contributed by atoms with E-state index in [1.807, 2.05) is 6.26 Å². The minimum atomic E-state index is -0.884. The molecule has 27 heavy (non-hydrogen) atoms. The average Bonchev–Trinajstić information content (AvgIpc) is 2.93. The van der Waals surface area contributed by atoms with E-state index in [0.717, 1.165) is 10.5 Å². The van der Waals surface area contributed by atoms with Crippen LogP contribution in [-0.2, 0) is 11.3 Å². The van der Waals surface area contributed by atoms with E-state index in [1.54, 1.807) is 36.4 Å². The highest BCUT2D eigenvalue weighted by Crippen LogP contribution is 2.26. The third-order valence-electron chi connectivity index (χ3n) is 4.42. The average molecular weight is 386 g/mol. The third-order valence-corrected chi connectivity index (χ3v) is 5.06. The van der Waals surface area contributed by atoms with Crippen LogP contribution in [0.15, 0.2) is 48.5 Å². The summed E-state index contributed by atoms with van der Waals surface area (Å²) in [6.45, 7) is 0.193. The molecule has 3 rings (SSSR count). The highest BCUT2D eigenvalue weighted by molar-refractivity contribution is 7.98. The number of hydrogen-bond acceptors (Lipinski definition) is 4. The van der Waals surface area contributed by atoms with Crippen LogP contribution in [0.2, 0.25) is 0 Å². The number of imide groups is 1. The molecule has 0 saturated carbocycles. The van der Waals surface area contributed by atoms with Gasteiger partial charge in [0.25, 0.3) is 11.8 Å². The Bertz CT molecular complexity index is 835. The van der Waals surface area contributed by atoms with Gasteiger partial charge in [-0.15, -0.1) is 0 Å². The van der Waals surface area contributed by atoms with Gasteiger partial charge in [0, 0.05) is 6.54 Å². The lowest BCUT2D eigenvalue weighted by molar-refractivity contribution is -0.125. The van der Waals surface area contributed by atoms with Gasteiger partial charge in [0.05, 0.1) is 11.1 Å². The van der Waals surface area contributed by atoms with Crippen molar-refractivity contribution in [1.82, 2.24) is 10.2 Å². The molecule has 0 aliphatic carbocycles. The number of carbonyl (C=O) groups excluding carboxylic acids is 3. The molecular weight excluding hydrogens is 367 g/mol. The molecule has 1 aliphatic rings. The molecule has 140 valence electrons. The highest BCUT2D eigenvalue weighted by atomic mass is 32.2. The second-order valence-corrected chi connectivity index (χ2v) is 7.15. The Labute approximate surface area is 160 Å². The van der Waals surface area contributed by atoms with Gasteiger partial charge in [-0.2, -0.15) is 11.8 Å². The minimum absolute atomic E-state index is 0.193. The Kier molecular flexibility index (Phi) is 5.91. The van der Waals surface area contributed by atoms with Crippen LogP contribution in [0.25, 0.3) is 0 Å². The molecule has 3 amide bonds. The number of rotatable bonds is 7. The van der Waals surface area contributed by atoms with E-state index in [-0.39, 0.29) is 12.4 Å². The zero-order valence-electron chi connectivity index (χ0n) is 14.8. The fraction of sp³-hybridized carbons (Fsp3) is 0.250. The third kappa shape index (κ3) is 4.03. The predicted octanol–water partition coefficient (Wildman–Crippen LogP) is 2.86. The summed E-state index contributed by atoms with van der Waals surface area (Å²) in [4.78, 5) is 39.2. The van der Waals surface area contributed by atoms with Gasteiger partial charge in [-0.3, -0.25) is 19.3 Å². The number of carbonyl (C=O) groups is 3. The first-order chi connectivity index (χ1) is 13.0. The van der Waals surface area contributed by atoms with Crippen molar-refractivity contribution in [3.05, 3.63) is 71.0 Å². The van der Waals surface area contributed by atoms with Gasteiger partial charge >= 0.3 is 0 Å². The van der Waals surface area contributed by atoms with Gasteiger partial charge in [0.1, 0.15) is 11.9 Å². The number of fused-ring (bicyclic) bond motifs is 1. The van der Waals surface area contributed by atoms with Crippen molar-refractivity contribution >= 4 is 29.5 Å². The summed E-state index contributed by atoms with van der Waals surface area (Å²) in [6, 6.07) is 11.5. The first-order valence-corrected chi connectivity index (χ1v) is 9.90. The number of benzene rings is 2. The van der Waals surface area contributed by atoms with Gasteiger partial charge in [-0.25, -0.2) is 4.39 Å². The zero-order valence-corrected chi connectivity index (χ0v) is 15.6. The van der Waals surface area contributed by atoms with Crippen molar-refractivity contribution in [3.8, 4) is 0 Å². The van der Waals surface area contributed by atoms with Crippen molar-refractivity contribution < 1.29 is 18.8 Å². The maximum Gasteiger partial charge on any atom is 0.262 e. The first kappa shape index (κ1) is 19.1. The van der Waals surface area contributed by atoms with Crippen LogP contribution in [0.5, 0.6) is 0 Å². The molecule has 0 aromatic heterocycles. The topological polar surface area (TPSA) is 66.5 Å². The maximum atomic E-state index is 13.0. The van der Waals surface area contributed by atoms with E-state index in [9.17, 15) is 18.8 Å². The number of hydrogen-bond donors (Lipinski definition) is 1. The largest absolute Gasteiger partial charge is 0.350 e. The molecule has 0 fully saturated rings. The fourth-order valence-corrected chi connectivity index (χ4v) is 3.47. The van der Waals surface area contributed by atoms with Crippen molar-refractivity contribution in [2.24, 2.45) is 0 Å². The van der Waals surface area contributed by atoms with Gasteiger partial charge in [0.15, 0.2) is 0 Å². The minimum Gasteiger partial charge on any atom is -0.350 e. The van der Waals surface area contributed by atoms with Crippen LogP contribution < -0.4 is 5.32 Å². The van der Waals surface area contributed by atoms with E-state index in [2.05, 4.69) is 5.32 Å². The van der Waals surface area contributed by atoms with Crippen LogP contribution >= 0.6 is 11.8 Å². The Balaban J connectivity index is 1.77. The zero-order chi connectivity index (χ0) is 19.4. The van der Waals surface area contributed by atoms with E-state index in [1.165, 1.54) is 23.9 Å². The maximum absolute atomic E-state index is 13.0. The molecular formula is C20H19FN2O3S. The van der Waals surface area contributed by atoms with Gasteiger partial charge in [-0.05, 0) is 48.3 Å². The van der Waals surface area contributed by atoms with Gasteiger partial charge < -0.3 is 5.32 Å². The lowest BCUT2D eigenvalue weighted by atomic mass is 10.1. The first-order valence-electron chi connectivity index (χ1n) is 8.51. The van der Waals surface area contributed by atoms with E-state index >= 15 is 0 Å². The van der Waals surface area contributed by atoms with Crippen molar-refractivity contribution in [1.29, 1.82) is 0 Å². The van der Waals surface area contributed by atoms with Crippen LogP contribution in [0.4, 0.5) is 4.39 Å². The summed E-state index contributed by atoms with van der Waals surface area (Å²) in [7, 11) is 0. The Morgan fingerprint density at radius 1 is 1.07 bits per heavy atom. The number of nitrogens with one attached hydrogen (secondary N) is 1. The molecule has 1 N–H and O–H groups in total. The second kappa shape index (κ2) is 8.35. The summed E-state index contributed by atoms with van der Waals surface area (Å²) in [6.07, 6.45) is 2.26. The highest BCUT2D eigenvalue weighted by Gasteiger charge is 2.42. The smallest absolute Gasteiger partial charge is 0.262 e. The van der Waals surface area contributed by atoms with E-state index in [0.29, 0.717) is 23.3 Å². The molecule has 2 aromatic rings. The number of thioether (sulfide) groups is 1. The van der Waals surface area contributed by atoms with E-state index in [4.69, 9.17) is 0 Å². The number of nitrogens with zero attached hydrogens (tertiary/aromatic N) is 1. The summed E-state index contributed by atoms with van der Waals surface area (Å²) >= 11 is 1.54. The second-order valence-electron chi connectivity index (χ2n) is 6.17. The monoisotopic (exact) mass is 386 g/mol. The van der Waals surface area contributed by atoms with Gasteiger partial charge in [0.2, 0.25) is 5.91 Å². The molecule has 5 nitrogen and oxygen atoms in total. The lowest BCUT2D eigenvalue weighted by Gasteiger charge is -2.25. The molecule has 1 aliphatic heterocycles. The SMILES string of the molecule is CSCCC(C(=O)NCc1ccc(F)cc1)N1C(=O)c2ccccc2C1=O. The summed E-state index contributed by atoms with van der Waals surface area (Å²) in [5.74, 6) is -1.02. The summed E-state index contributed by atoms with van der Waals surface area (Å²) in [5.41, 5.74) is 1.38. The molecule has 0 saturated heterocycles. The molecule has 0 radical (unpaired) electrons. The molecule has 1 heterocycles. The summed E-state index contributed by atoms with van der Waals surface area (Å²) < 4.78 is 13.0. The molecule has 2 aromatic carbocycles. The van der Waals surface area contributed by atoms with Crippen molar-refractivity contribution in [2.45, 2.75) is 19.0 Å². The molecule has 1 unspecified atom stereocenters. The van der Waals surface area contributed by atoms with Crippen LogP contribution in [-0.4, -0.2) is 40.7 Å². The summed E-state index contributed by atoms with van der Waals surface area (Å²) in [5, 5.41) is 2.76. The standard InChI is InChI=1S/C20H19FN2O3S/c1-27-11-10-17(18(24)22-12-13-6-8-14(21)9-7-13)23-19(25)15-4-2-3-5-16(15)20(23)26/h2-9,17H,10-12H2,1H3,(H,22,24). The van der Waals surface area contributed by atoms with Crippen LogP contribution in [0.3, 0.4) is 0 Å². The number of halogens is 1. The van der Waals surface area contributed by atoms with Gasteiger partial charge in [-0.1, -0.05) is 24.3 Å². The molecule has 1 atom stereocenters. The Hall–Kier alpha value is -2.67. The molecule has 7 heteroatoms. The number of amides is 3. The lowest BCUT2D eigenvalue weighted by Crippen LogP contribution is -2.49. The quantitative estimate of drug-likeness (QED) is 0.743. The fourth-order valence-electron chi connectivity index (χ4n) is 3.01. The Morgan fingerprint density at radius 3 is 2.22 bits per heavy atom. The van der Waals surface area contributed by atoms with Crippen LogP contribution in [0.1, 0.15) is 32.7 Å².